The zero-order chi connectivity index (χ0) is 10.1. The van der Waals surface area contributed by atoms with Crippen LogP contribution < -0.4 is 0 Å². The quantitative estimate of drug-likeness (QED) is 0.745. The molecule has 74 valence electrons. The molecule has 1 unspecified atom stereocenters. The van der Waals surface area contributed by atoms with E-state index in [2.05, 4.69) is 4.98 Å². The molecule has 0 spiro atoms. The van der Waals surface area contributed by atoms with Gasteiger partial charge in [-0.2, -0.15) is 0 Å². The van der Waals surface area contributed by atoms with Crippen molar-refractivity contribution >= 4 is 5.52 Å². The third-order valence-corrected chi connectivity index (χ3v) is 2.07. The molecule has 0 aliphatic rings. The molecule has 4 heteroatoms. The van der Waals surface area contributed by atoms with Crippen LogP contribution in [0.15, 0.2) is 24.5 Å². The molecule has 2 N–H and O–H groups in total. The highest BCUT2D eigenvalue weighted by Gasteiger charge is 2.06. The molecule has 0 aliphatic carbocycles. The number of nitrogens with zero attached hydrogens (tertiary/aromatic N) is 2. The van der Waals surface area contributed by atoms with E-state index in [4.69, 9.17) is 0 Å². The number of aromatic nitrogens is 2. The van der Waals surface area contributed by atoms with E-state index in [1.165, 1.54) is 0 Å². The highest BCUT2D eigenvalue weighted by molar-refractivity contribution is 5.50. The Morgan fingerprint density at radius 1 is 1.57 bits per heavy atom. The van der Waals surface area contributed by atoms with Crippen LogP contribution in [0.1, 0.15) is 12.7 Å². The zero-order valence-electron chi connectivity index (χ0n) is 7.88. The second kappa shape index (κ2) is 3.31. The summed E-state index contributed by atoms with van der Waals surface area (Å²) < 4.78 is 1.85. The molecule has 0 bridgehead atoms. The number of aliphatic hydroxyl groups excluding tert-OH is 1. The topological polar surface area (TPSA) is 57.8 Å². The smallest absolute Gasteiger partial charge is 0.119 e. The first-order chi connectivity index (χ1) is 6.66. The molecular weight excluding hydrogens is 180 g/mol. The second-order valence-corrected chi connectivity index (χ2v) is 3.41. The molecule has 0 fully saturated rings. The van der Waals surface area contributed by atoms with Crippen LogP contribution in [0.2, 0.25) is 0 Å². The maximum atomic E-state index is 9.24. The Kier molecular flexibility index (Phi) is 2.13. The van der Waals surface area contributed by atoms with Gasteiger partial charge in [-0.05, 0) is 13.0 Å². The summed E-state index contributed by atoms with van der Waals surface area (Å²) in [5.74, 6) is 1.02. The number of imidazole rings is 1. The van der Waals surface area contributed by atoms with E-state index in [9.17, 15) is 10.2 Å². The van der Waals surface area contributed by atoms with E-state index in [0.717, 1.165) is 11.3 Å². The third kappa shape index (κ3) is 1.56. The fourth-order valence-corrected chi connectivity index (χ4v) is 1.46. The molecule has 2 rings (SSSR count). The summed E-state index contributed by atoms with van der Waals surface area (Å²) in [6.07, 6.45) is 3.53. The molecule has 2 aromatic rings. The van der Waals surface area contributed by atoms with Crippen LogP contribution >= 0.6 is 0 Å². The number of fused-ring (bicyclic) bond motifs is 1. The van der Waals surface area contributed by atoms with E-state index < -0.39 is 6.10 Å². The van der Waals surface area contributed by atoms with Gasteiger partial charge in [0.25, 0.3) is 0 Å². The molecule has 14 heavy (non-hydrogen) atoms. The molecule has 0 radical (unpaired) electrons. The van der Waals surface area contributed by atoms with Crippen LogP contribution in [0.5, 0.6) is 5.75 Å². The Morgan fingerprint density at radius 3 is 3.07 bits per heavy atom. The van der Waals surface area contributed by atoms with Crippen LogP contribution in [-0.2, 0) is 6.42 Å². The molecule has 0 saturated heterocycles. The SMILES string of the molecule is CC(O)Cc1ncc2cc(O)ccn12. The maximum absolute atomic E-state index is 9.24. The van der Waals surface area contributed by atoms with E-state index in [0.29, 0.717) is 6.42 Å². The molecular formula is C10H12N2O2. The molecule has 1 atom stereocenters. The second-order valence-electron chi connectivity index (χ2n) is 3.41. The van der Waals surface area contributed by atoms with Gasteiger partial charge in [0.15, 0.2) is 0 Å². The van der Waals surface area contributed by atoms with Crippen LogP contribution in [0.3, 0.4) is 0 Å². The minimum atomic E-state index is -0.408. The van der Waals surface area contributed by atoms with Crippen LogP contribution in [0.4, 0.5) is 0 Å². The van der Waals surface area contributed by atoms with Gasteiger partial charge in [-0.25, -0.2) is 4.98 Å². The van der Waals surface area contributed by atoms with Crippen molar-refractivity contribution in [3.8, 4) is 5.75 Å². The monoisotopic (exact) mass is 192 g/mol. The fraction of sp³-hybridized carbons (Fsp3) is 0.300. The average Bonchev–Trinajstić information content (AvgIpc) is 2.47. The number of rotatable bonds is 2. The Hall–Kier alpha value is -1.55. The Bertz CT molecular complexity index is 448. The highest BCUT2D eigenvalue weighted by atomic mass is 16.3. The van der Waals surface area contributed by atoms with E-state index in [1.54, 1.807) is 31.5 Å². The molecule has 0 amide bonds. The fourth-order valence-electron chi connectivity index (χ4n) is 1.46. The number of pyridine rings is 1. The first-order valence-electron chi connectivity index (χ1n) is 4.50. The number of aliphatic hydroxyl groups is 1. The van der Waals surface area contributed by atoms with Gasteiger partial charge in [-0.3, -0.25) is 0 Å². The highest BCUT2D eigenvalue weighted by Crippen LogP contribution is 2.14. The minimum Gasteiger partial charge on any atom is -0.508 e. The summed E-state index contributed by atoms with van der Waals surface area (Å²) in [5.41, 5.74) is 0.834. The van der Waals surface area contributed by atoms with Crippen molar-refractivity contribution in [3.05, 3.63) is 30.4 Å². The summed E-state index contributed by atoms with van der Waals surface area (Å²) in [6, 6.07) is 3.23. The zero-order valence-corrected chi connectivity index (χ0v) is 7.88. The molecule has 2 heterocycles. The normalized spacial score (nSPS) is 13.3. The number of hydrogen-bond acceptors (Lipinski definition) is 3. The Labute approximate surface area is 81.5 Å². The van der Waals surface area contributed by atoms with Crippen LogP contribution in [-0.4, -0.2) is 25.7 Å². The van der Waals surface area contributed by atoms with Gasteiger partial charge in [0.1, 0.15) is 11.6 Å². The van der Waals surface area contributed by atoms with Crippen molar-refractivity contribution in [1.82, 2.24) is 9.38 Å². The standard InChI is InChI=1S/C10H12N2O2/c1-7(13)4-10-11-6-8-5-9(14)2-3-12(8)10/h2-3,5-7,13-14H,4H2,1H3. The van der Waals surface area contributed by atoms with E-state index >= 15 is 0 Å². The van der Waals surface area contributed by atoms with Gasteiger partial charge < -0.3 is 14.6 Å². The maximum Gasteiger partial charge on any atom is 0.119 e. The third-order valence-electron chi connectivity index (χ3n) is 2.07. The van der Waals surface area contributed by atoms with Crippen molar-refractivity contribution in [1.29, 1.82) is 0 Å². The van der Waals surface area contributed by atoms with Crippen molar-refractivity contribution in [2.45, 2.75) is 19.4 Å². The van der Waals surface area contributed by atoms with Crippen LogP contribution in [0.25, 0.3) is 5.52 Å². The first-order valence-corrected chi connectivity index (χ1v) is 4.50. The largest absolute Gasteiger partial charge is 0.508 e. The van der Waals surface area contributed by atoms with Gasteiger partial charge in [0.05, 0.1) is 17.8 Å². The molecule has 0 aliphatic heterocycles. The van der Waals surface area contributed by atoms with Gasteiger partial charge in [0.2, 0.25) is 0 Å². The predicted octanol–water partition coefficient (Wildman–Crippen LogP) is 0.963. The number of hydrogen-bond donors (Lipinski definition) is 2. The number of aromatic hydroxyl groups is 1. The molecule has 0 saturated carbocycles. The summed E-state index contributed by atoms with van der Waals surface area (Å²) in [7, 11) is 0. The van der Waals surface area contributed by atoms with Gasteiger partial charge >= 0.3 is 0 Å². The van der Waals surface area contributed by atoms with Gasteiger partial charge in [0, 0.05) is 18.7 Å². The first kappa shape index (κ1) is 9.02. The Balaban J connectivity index is 2.47. The van der Waals surface area contributed by atoms with E-state index in [1.807, 2.05) is 4.40 Å². The van der Waals surface area contributed by atoms with Gasteiger partial charge in [-0.1, -0.05) is 0 Å². The van der Waals surface area contributed by atoms with Gasteiger partial charge in [-0.15, -0.1) is 0 Å². The van der Waals surface area contributed by atoms with Crippen molar-refractivity contribution in [2.24, 2.45) is 0 Å². The van der Waals surface area contributed by atoms with E-state index in [-0.39, 0.29) is 5.75 Å². The summed E-state index contributed by atoms with van der Waals surface area (Å²) in [6.45, 7) is 1.72. The lowest BCUT2D eigenvalue weighted by Crippen LogP contribution is -2.07. The lowest BCUT2D eigenvalue weighted by molar-refractivity contribution is 0.192. The average molecular weight is 192 g/mol. The Morgan fingerprint density at radius 2 is 2.36 bits per heavy atom. The molecule has 0 aromatic carbocycles. The lowest BCUT2D eigenvalue weighted by Gasteiger charge is -2.03. The predicted molar refractivity (Wildman–Crippen MR) is 52.2 cm³/mol. The summed E-state index contributed by atoms with van der Waals surface area (Å²) in [4.78, 5) is 4.17. The van der Waals surface area contributed by atoms with Crippen molar-refractivity contribution in [2.75, 3.05) is 0 Å². The minimum absolute atomic E-state index is 0.223. The van der Waals surface area contributed by atoms with Crippen LogP contribution in [0, 0.1) is 0 Å². The summed E-state index contributed by atoms with van der Waals surface area (Å²) in [5, 5.41) is 18.5. The molecule has 2 aromatic heterocycles. The lowest BCUT2D eigenvalue weighted by atomic mass is 10.3. The van der Waals surface area contributed by atoms with Crippen molar-refractivity contribution in [3.63, 3.8) is 0 Å². The summed E-state index contributed by atoms with van der Waals surface area (Å²) >= 11 is 0. The van der Waals surface area contributed by atoms with Crippen molar-refractivity contribution < 1.29 is 10.2 Å². The molecule has 4 nitrogen and oxygen atoms in total.